The molecule has 0 aliphatic heterocycles. The predicted molar refractivity (Wildman–Crippen MR) is 82.8 cm³/mol. The number of carbonyl (C=O) groups excluding carboxylic acids is 1. The number of nitrogens with one attached hydrogen (secondary N) is 1. The fourth-order valence-electron chi connectivity index (χ4n) is 1.70. The molecule has 5 heteroatoms. The first-order valence-corrected chi connectivity index (χ1v) is 6.80. The fourth-order valence-corrected chi connectivity index (χ4v) is 1.95. The molecule has 104 valence electrons. The molecule has 0 aliphatic carbocycles. The zero-order valence-electron chi connectivity index (χ0n) is 11.2. The lowest BCUT2D eigenvalue weighted by atomic mass is 10.1. The van der Waals surface area contributed by atoms with Crippen LogP contribution in [0.15, 0.2) is 46.9 Å². The second-order valence-electron chi connectivity index (χ2n) is 4.53. The molecule has 0 heterocycles. The number of benzene rings is 2. The van der Waals surface area contributed by atoms with E-state index in [2.05, 4.69) is 21.2 Å². The van der Waals surface area contributed by atoms with Gasteiger partial charge in [0.15, 0.2) is 0 Å². The predicted octanol–water partition coefficient (Wildman–Crippen LogP) is 3.91. The van der Waals surface area contributed by atoms with Crippen LogP contribution in [-0.4, -0.2) is 20.0 Å². The van der Waals surface area contributed by atoms with Crippen molar-refractivity contribution < 1.29 is 9.18 Å². The van der Waals surface area contributed by atoms with E-state index in [9.17, 15) is 9.18 Å². The van der Waals surface area contributed by atoms with Gasteiger partial charge in [-0.3, -0.25) is 4.79 Å². The van der Waals surface area contributed by atoms with Gasteiger partial charge in [0.2, 0.25) is 0 Å². The van der Waals surface area contributed by atoms with Crippen molar-refractivity contribution in [1.82, 2.24) is 0 Å². The number of anilines is 2. The Morgan fingerprint density at radius 2 is 1.95 bits per heavy atom. The number of nitrogens with zero attached hydrogens (tertiary/aromatic N) is 1. The molecule has 0 saturated carbocycles. The first-order chi connectivity index (χ1) is 9.47. The summed E-state index contributed by atoms with van der Waals surface area (Å²) >= 11 is 3.07. The van der Waals surface area contributed by atoms with Crippen LogP contribution in [-0.2, 0) is 0 Å². The van der Waals surface area contributed by atoms with Crippen LogP contribution in [0.2, 0.25) is 0 Å². The van der Waals surface area contributed by atoms with Gasteiger partial charge < -0.3 is 10.2 Å². The van der Waals surface area contributed by atoms with E-state index in [1.165, 1.54) is 6.07 Å². The lowest BCUT2D eigenvalue weighted by Crippen LogP contribution is -2.14. The van der Waals surface area contributed by atoms with Crippen LogP contribution in [0.3, 0.4) is 0 Å². The summed E-state index contributed by atoms with van der Waals surface area (Å²) in [6.07, 6.45) is 0. The molecule has 20 heavy (non-hydrogen) atoms. The Morgan fingerprint density at radius 1 is 1.20 bits per heavy atom. The lowest BCUT2D eigenvalue weighted by molar-refractivity contribution is 0.102. The van der Waals surface area contributed by atoms with E-state index in [-0.39, 0.29) is 5.91 Å². The number of halogens is 2. The van der Waals surface area contributed by atoms with E-state index in [4.69, 9.17) is 0 Å². The number of carbonyl (C=O) groups is 1. The van der Waals surface area contributed by atoms with Crippen molar-refractivity contribution in [1.29, 1.82) is 0 Å². The molecule has 0 saturated heterocycles. The molecule has 2 rings (SSSR count). The highest BCUT2D eigenvalue weighted by Gasteiger charge is 2.09. The lowest BCUT2D eigenvalue weighted by Gasteiger charge is -2.13. The van der Waals surface area contributed by atoms with Crippen LogP contribution < -0.4 is 10.2 Å². The van der Waals surface area contributed by atoms with Crippen molar-refractivity contribution in [3.8, 4) is 0 Å². The molecule has 1 N–H and O–H groups in total. The number of hydrogen-bond donors (Lipinski definition) is 1. The number of hydrogen-bond acceptors (Lipinski definition) is 2. The molecule has 1 amide bonds. The Bertz CT molecular complexity index is 644. The van der Waals surface area contributed by atoms with Crippen LogP contribution in [0.25, 0.3) is 0 Å². The van der Waals surface area contributed by atoms with Gasteiger partial charge in [-0.25, -0.2) is 4.39 Å². The molecule has 0 radical (unpaired) electrons. The molecule has 0 spiro atoms. The maximum absolute atomic E-state index is 13.4. The van der Waals surface area contributed by atoms with Crippen LogP contribution in [0.1, 0.15) is 10.4 Å². The molecule has 0 atom stereocenters. The zero-order valence-corrected chi connectivity index (χ0v) is 12.7. The third-order valence-electron chi connectivity index (χ3n) is 2.80. The number of rotatable bonds is 3. The van der Waals surface area contributed by atoms with E-state index in [1.54, 1.807) is 24.3 Å². The van der Waals surface area contributed by atoms with Gasteiger partial charge >= 0.3 is 0 Å². The minimum Gasteiger partial charge on any atom is -0.378 e. The first kappa shape index (κ1) is 14.5. The standard InChI is InChI=1S/C15H14BrFN2O/c1-19(2)12-5-3-4-10(8-12)15(20)18-11-6-7-13(16)14(17)9-11/h3-9H,1-2H3,(H,18,20). The highest BCUT2D eigenvalue weighted by molar-refractivity contribution is 9.10. The second kappa shape index (κ2) is 6.05. The molecular weight excluding hydrogens is 323 g/mol. The Morgan fingerprint density at radius 3 is 2.60 bits per heavy atom. The van der Waals surface area contributed by atoms with Crippen molar-refractivity contribution in [2.45, 2.75) is 0 Å². The third-order valence-corrected chi connectivity index (χ3v) is 3.45. The van der Waals surface area contributed by atoms with Crippen molar-refractivity contribution in [2.75, 3.05) is 24.3 Å². The Kier molecular flexibility index (Phi) is 4.39. The van der Waals surface area contributed by atoms with E-state index >= 15 is 0 Å². The van der Waals surface area contributed by atoms with Gasteiger partial charge in [-0.15, -0.1) is 0 Å². The summed E-state index contributed by atoms with van der Waals surface area (Å²) in [5.41, 5.74) is 1.88. The first-order valence-electron chi connectivity index (χ1n) is 6.01. The summed E-state index contributed by atoms with van der Waals surface area (Å²) in [5.74, 6) is -0.680. The van der Waals surface area contributed by atoms with Gasteiger partial charge in [0.25, 0.3) is 5.91 Å². The van der Waals surface area contributed by atoms with Gasteiger partial charge in [0.1, 0.15) is 5.82 Å². The van der Waals surface area contributed by atoms with Crippen molar-refractivity contribution >= 4 is 33.2 Å². The minimum absolute atomic E-state index is 0.268. The van der Waals surface area contributed by atoms with E-state index in [0.29, 0.717) is 15.7 Å². The zero-order chi connectivity index (χ0) is 14.7. The van der Waals surface area contributed by atoms with Crippen LogP contribution >= 0.6 is 15.9 Å². The molecule has 2 aromatic carbocycles. The monoisotopic (exact) mass is 336 g/mol. The average molecular weight is 337 g/mol. The average Bonchev–Trinajstić information content (AvgIpc) is 2.43. The maximum atomic E-state index is 13.4. The number of amides is 1. The fraction of sp³-hybridized carbons (Fsp3) is 0.133. The summed E-state index contributed by atoms with van der Waals surface area (Å²) in [7, 11) is 3.81. The molecular formula is C15H14BrFN2O. The van der Waals surface area contributed by atoms with Gasteiger partial charge in [0, 0.05) is 31.0 Å². The smallest absolute Gasteiger partial charge is 0.255 e. The normalized spacial score (nSPS) is 10.2. The summed E-state index contributed by atoms with van der Waals surface area (Å²) in [4.78, 5) is 14.0. The summed E-state index contributed by atoms with van der Waals surface area (Å²) in [6.45, 7) is 0. The Labute approximate surface area is 125 Å². The topological polar surface area (TPSA) is 32.3 Å². The SMILES string of the molecule is CN(C)c1cccc(C(=O)Nc2ccc(Br)c(F)c2)c1. The minimum atomic E-state index is -0.412. The highest BCUT2D eigenvalue weighted by atomic mass is 79.9. The summed E-state index contributed by atoms with van der Waals surface area (Å²) in [6, 6.07) is 11.7. The van der Waals surface area contributed by atoms with Crippen molar-refractivity contribution in [2.24, 2.45) is 0 Å². The third kappa shape index (κ3) is 3.36. The molecule has 2 aromatic rings. The second-order valence-corrected chi connectivity index (χ2v) is 5.38. The van der Waals surface area contributed by atoms with E-state index < -0.39 is 5.82 Å². The molecule has 0 aromatic heterocycles. The summed E-state index contributed by atoms with van der Waals surface area (Å²) in [5, 5.41) is 2.67. The molecule has 0 unspecified atom stereocenters. The molecule has 3 nitrogen and oxygen atoms in total. The van der Waals surface area contributed by atoms with Crippen molar-refractivity contribution in [3.63, 3.8) is 0 Å². The van der Waals surface area contributed by atoms with E-state index in [0.717, 1.165) is 5.69 Å². The van der Waals surface area contributed by atoms with Crippen LogP contribution in [0, 0.1) is 5.82 Å². The molecule has 0 fully saturated rings. The Hall–Kier alpha value is -1.88. The van der Waals surface area contributed by atoms with Gasteiger partial charge in [-0.05, 0) is 52.3 Å². The Balaban J connectivity index is 2.19. The van der Waals surface area contributed by atoms with E-state index in [1.807, 2.05) is 31.1 Å². The van der Waals surface area contributed by atoms with Gasteiger partial charge in [0.05, 0.1) is 4.47 Å². The van der Waals surface area contributed by atoms with Crippen LogP contribution in [0.4, 0.5) is 15.8 Å². The van der Waals surface area contributed by atoms with Crippen molar-refractivity contribution in [3.05, 3.63) is 58.3 Å². The van der Waals surface area contributed by atoms with Gasteiger partial charge in [-0.1, -0.05) is 6.07 Å². The van der Waals surface area contributed by atoms with Crippen LogP contribution in [0.5, 0.6) is 0 Å². The van der Waals surface area contributed by atoms with Gasteiger partial charge in [-0.2, -0.15) is 0 Å². The summed E-state index contributed by atoms with van der Waals surface area (Å²) < 4.78 is 13.8. The molecule has 0 aliphatic rings. The largest absolute Gasteiger partial charge is 0.378 e. The maximum Gasteiger partial charge on any atom is 0.255 e. The quantitative estimate of drug-likeness (QED) is 0.921. The molecule has 0 bridgehead atoms. The highest BCUT2D eigenvalue weighted by Crippen LogP contribution is 2.20.